The van der Waals surface area contributed by atoms with Crippen LogP contribution in [0, 0.1) is 0 Å². The van der Waals surface area contributed by atoms with Crippen molar-refractivity contribution in [2.45, 2.75) is 157 Å². The first kappa shape index (κ1) is 70.9. The molecule has 6 aromatic rings. The van der Waals surface area contributed by atoms with E-state index < -0.39 is 24.1 Å². The van der Waals surface area contributed by atoms with E-state index in [2.05, 4.69) is 131 Å². The first-order valence-corrected chi connectivity index (χ1v) is 28.5. The summed E-state index contributed by atoms with van der Waals surface area (Å²) in [5.74, 6) is -0.0398. The number of aliphatic hydroxyl groups is 2. The maximum atomic E-state index is 10.5. The third-order valence-electron chi connectivity index (χ3n) is 13.3. The number of aromatic hydroxyl groups is 2. The Hall–Kier alpha value is -7.23. The molecule has 0 bridgehead atoms. The molecule has 4 atom stereocenters. The summed E-state index contributed by atoms with van der Waals surface area (Å²) in [6.07, 6.45) is 1.50. The molecule has 0 saturated heterocycles. The molecule has 450 valence electrons. The van der Waals surface area contributed by atoms with Crippen LogP contribution < -0.4 is 9.47 Å². The van der Waals surface area contributed by atoms with E-state index in [0.717, 1.165) is 48.2 Å². The number of esters is 1. The van der Waals surface area contributed by atoms with Crippen molar-refractivity contribution in [3.8, 4) is 23.0 Å². The first-order valence-electron chi connectivity index (χ1n) is 28.5. The molecule has 1 unspecified atom stereocenters. The van der Waals surface area contributed by atoms with Crippen molar-refractivity contribution in [3.63, 3.8) is 0 Å². The minimum atomic E-state index is -0.959. The van der Waals surface area contributed by atoms with Gasteiger partial charge in [0, 0.05) is 68.7 Å². The second-order valence-electron chi connectivity index (χ2n) is 20.8. The van der Waals surface area contributed by atoms with Crippen LogP contribution in [-0.4, -0.2) is 128 Å². The minimum Gasteiger partial charge on any atom is -0.508 e. The summed E-state index contributed by atoms with van der Waals surface area (Å²) in [5.41, 5.74) is 6.47. The lowest BCUT2D eigenvalue weighted by molar-refractivity contribution is -0.145. The predicted octanol–water partition coefficient (Wildman–Crippen LogP) is 13.0. The molecular formula is C68H96N2O12. The normalized spacial score (nSPS) is 12.3. The summed E-state index contributed by atoms with van der Waals surface area (Å²) in [5, 5.41) is 56.7. The van der Waals surface area contributed by atoms with Gasteiger partial charge in [-0.3, -0.25) is 14.6 Å². The molecule has 0 spiro atoms. The Kier molecular flexibility index (Phi) is 33.9. The van der Waals surface area contributed by atoms with Crippen molar-refractivity contribution in [1.29, 1.82) is 0 Å². The molecule has 82 heavy (non-hydrogen) atoms. The number of rotatable bonds is 25. The fourth-order valence-corrected chi connectivity index (χ4v) is 9.20. The number of para-hydroxylation sites is 2. The summed E-state index contributed by atoms with van der Waals surface area (Å²) < 4.78 is 14.6. The van der Waals surface area contributed by atoms with E-state index in [1.807, 2.05) is 36.4 Å². The fraction of sp³-hybridized carbons (Fsp3) is 0.426. The summed E-state index contributed by atoms with van der Waals surface area (Å²) in [7, 11) is 0. The lowest BCUT2D eigenvalue weighted by Crippen LogP contribution is -2.38. The van der Waals surface area contributed by atoms with E-state index >= 15 is 0 Å². The summed E-state index contributed by atoms with van der Waals surface area (Å²) in [6, 6.07) is 51.9. The van der Waals surface area contributed by atoms with Crippen LogP contribution in [0.5, 0.6) is 23.0 Å². The lowest BCUT2D eigenvalue weighted by atomic mass is 9.86. The Morgan fingerprint density at radius 3 is 1.02 bits per heavy atom. The maximum Gasteiger partial charge on any atom is 0.344 e. The van der Waals surface area contributed by atoms with Gasteiger partial charge in [-0.15, -0.1) is 0 Å². The highest BCUT2D eigenvalue weighted by Gasteiger charge is 2.24. The number of phenols is 2. The Labute approximate surface area is 490 Å². The van der Waals surface area contributed by atoms with Crippen LogP contribution in [0.1, 0.15) is 143 Å². The molecule has 14 heteroatoms. The highest BCUT2D eigenvalue weighted by atomic mass is 16.5. The molecule has 6 N–H and O–H groups in total. The molecule has 0 radical (unpaired) electrons. The second-order valence-corrected chi connectivity index (χ2v) is 20.8. The summed E-state index contributed by atoms with van der Waals surface area (Å²) >= 11 is 0. The van der Waals surface area contributed by atoms with Crippen LogP contribution in [0.2, 0.25) is 0 Å². The average Bonchev–Trinajstić information content (AvgIpc) is 3.54. The van der Waals surface area contributed by atoms with Crippen molar-refractivity contribution in [2.75, 3.05) is 32.9 Å². The number of nitrogens with zero attached hydrogens (tertiary/aromatic N) is 2. The molecule has 0 aromatic heterocycles. The number of benzene rings is 6. The molecule has 0 saturated carbocycles. The quantitative estimate of drug-likeness (QED) is 0.0295. The monoisotopic (exact) mass is 1130 g/mol. The molecule has 0 amide bonds. The van der Waals surface area contributed by atoms with Gasteiger partial charge in [-0.2, -0.15) is 0 Å². The van der Waals surface area contributed by atoms with Gasteiger partial charge in [-0.1, -0.05) is 121 Å². The van der Waals surface area contributed by atoms with Gasteiger partial charge in [0.2, 0.25) is 0 Å². The van der Waals surface area contributed by atoms with Gasteiger partial charge >= 0.3 is 17.9 Å². The van der Waals surface area contributed by atoms with Gasteiger partial charge in [0.1, 0.15) is 23.0 Å². The standard InChI is InChI=1S/2C23H33NO2.2C9H10O3.C4H8O2.H2/c2*1-17(2)24(18(3)4)14-12-21(20-8-6-5-7-9-20)22-16-19(13-15-25)10-11-23(22)26;2*1-7(9(10)11)12-8-5-3-2-4-6-8;1-3-6-4(2)5;/h2*5-11,16-18,21,25-26H,12-15H2,1-4H3;2*2-7H,1H3,(H,10,11);3H2,1-2H3;1H/t21-;;2*7-;;/m1.11../s1. The highest BCUT2D eigenvalue weighted by Crippen LogP contribution is 2.37. The fourth-order valence-electron chi connectivity index (χ4n) is 9.20. The van der Waals surface area contributed by atoms with Crippen molar-refractivity contribution >= 4 is 17.9 Å². The number of hydrogen-bond acceptors (Lipinski definition) is 12. The van der Waals surface area contributed by atoms with Gasteiger partial charge in [-0.05, 0) is 174 Å². The number of aliphatic hydroxyl groups excluding tert-OH is 2. The largest absolute Gasteiger partial charge is 0.508 e. The zero-order chi connectivity index (χ0) is 61.1. The van der Waals surface area contributed by atoms with Crippen LogP contribution in [0.25, 0.3) is 0 Å². The Balaban J connectivity index is 0.000000560. The van der Waals surface area contributed by atoms with Crippen molar-refractivity contribution in [3.05, 3.63) is 191 Å². The highest BCUT2D eigenvalue weighted by molar-refractivity contribution is 5.72. The zero-order valence-electron chi connectivity index (χ0n) is 50.5. The number of carbonyl (C=O) groups is 3. The van der Waals surface area contributed by atoms with Crippen LogP contribution in [0.15, 0.2) is 158 Å². The number of carboxylic acids is 2. The number of phenolic OH excluding ortho intramolecular Hbond substituents is 2. The molecule has 0 fully saturated rings. The topological polar surface area (TPSA) is 207 Å². The third kappa shape index (κ3) is 27.0. The van der Waals surface area contributed by atoms with Gasteiger partial charge in [-0.25, -0.2) is 9.59 Å². The van der Waals surface area contributed by atoms with Crippen molar-refractivity contribution in [2.24, 2.45) is 0 Å². The Bertz CT molecular complexity index is 2490. The maximum absolute atomic E-state index is 10.5. The minimum absolute atomic E-state index is 0. The molecule has 6 rings (SSSR count). The third-order valence-corrected chi connectivity index (χ3v) is 13.3. The van der Waals surface area contributed by atoms with Gasteiger partial charge in [0.25, 0.3) is 0 Å². The molecular weight excluding hydrogens is 1040 g/mol. The Morgan fingerprint density at radius 1 is 0.476 bits per heavy atom. The van der Waals surface area contributed by atoms with E-state index in [9.17, 15) is 34.8 Å². The number of hydrogen-bond donors (Lipinski definition) is 6. The SMILES string of the molecule is CC(C)N(CCC(c1ccccc1)c1cc(CCO)ccc1O)C(C)C.CC(C)N(CC[C@H](c1ccccc1)c1cc(CCO)ccc1O)C(C)C.CCOC(C)=O.C[C@@H](Oc1ccccc1)C(=O)O.C[C@@H](Oc1ccccc1)C(=O)O.[HH]. The summed E-state index contributed by atoms with van der Waals surface area (Å²) in [4.78, 5) is 35.6. The van der Waals surface area contributed by atoms with E-state index in [4.69, 9.17) is 19.7 Å². The zero-order valence-corrected chi connectivity index (χ0v) is 50.5. The lowest BCUT2D eigenvalue weighted by Gasteiger charge is -2.32. The van der Waals surface area contributed by atoms with Crippen LogP contribution in [0.3, 0.4) is 0 Å². The van der Waals surface area contributed by atoms with E-state index in [-0.39, 0.29) is 32.4 Å². The molecule has 0 aliphatic rings. The molecule has 0 aliphatic heterocycles. The van der Waals surface area contributed by atoms with E-state index in [1.165, 1.54) is 31.9 Å². The van der Waals surface area contributed by atoms with Crippen molar-refractivity contribution in [1.82, 2.24) is 9.80 Å². The first-order chi connectivity index (χ1) is 39.0. The molecule has 0 heterocycles. The van der Waals surface area contributed by atoms with Crippen molar-refractivity contribution < 1.29 is 60.7 Å². The number of aliphatic carboxylic acids is 2. The second kappa shape index (κ2) is 39.2. The van der Waals surface area contributed by atoms with Gasteiger partial charge in [0.05, 0.1) is 6.61 Å². The van der Waals surface area contributed by atoms with Crippen LogP contribution >= 0.6 is 0 Å². The molecule has 0 aliphatic carbocycles. The predicted molar refractivity (Wildman–Crippen MR) is 330 cm³/mol. The molecule has 6 aromatic carbocycles. The molecule has 14 nitrogen and oxygen atoms in total. The van der Waals surface area contributed by atoms with Gasteiger partial charge < -0.3 is 44.8 Å². The van der Waals surface area contributed by atoms with Gasteiger partial charge in [0.15, 0.2) is 12.2 Å². The number of carboxylic acid groups (broad SMARTS) is 2. The Morgan fingerprint density at radius 2 is 0.780 bits per heavy atom. The summed E-state index contributed by atoms with van der Waals surface area (Å²) in [6.45, 7) is 26.7. The number of ether oxygens (including phenoxy) is 3. The smallest absolute Gasteiger partial charge is 0.344 e. The van der Waals surface area contributed by atoms with E-state index in [1.54, 1.807) is 67.6 Å². The van der Waals surface area contributed by atoms with Crippen LogP contribution in [0.4, 0.5) is 0 Å². The average molecular weight is 1130 g/mol. The van der Waals surface area contributed by atoms with Crippen LogP contribution in [-0.2, 0) is 32.0 Å². The van der Waals surface area contributed by atoms with E-state index in [0.29, 0.717) is 66.6 Å². The number of carbonyl (C=O) groups excluding carboxylic acids is 1.